The summed E-state index contributed by atoms with van der Waals surface area (Å²) in [4.78, 5) is 25.7. The molecule has 0 saturated carbocycles. The normalized spacial score (nSPS) is 11.9. The first-order valence-corrected chi connectivity index (χ1v) is 8.50. The Morgan fingerprint density at radius 1 is 1.33 bits per heavy atom. The Morgan fingerprint density at radius 3 is 2.62 bits per heavy atom. The summed E-state index contributed by atoms with van der Waals surface area (Å²) in [7, 11) is 1.55. The van der Waals surface area contributed by atoms with Crippen LogP contribution in [0.15, 0.2) is 30.3 Å². The van der Waals surface area contributed by atoms with Gasteiger partial charge in [-0.15, -0.1) is 11.3 Å². The zero-order valence-electron chi connectivity index (χ0n) is 12.9. The predicted molar refractivity (Wildman–Crippen MR) is 92.1 cm³/mol. The Balaban J connectivity index is 1.98. The van der Waals surface area contributed by atoms with Gasteiger partial charge in [0.15, 0.2) is 6.10 Å². The molecule has 1 unspecified atom stereocenters. The summed E-state index contributed by atoms with van der Waals surface area (Å²) in [6, 6.07) is 7.33. The van der Waals surface area contributed by atoms with Crippen molar-refractivity contribution in [2.24, 2.45) is 0 Å². The molecule has 128 valence electrons. The van der Waals surface area contributed by atoms with Crippen molar-refractivity contribution in [1.29, 1.82) is 0 Å². The average molecular weight is 390 g/mol. The third-order valence-corrected chi connectivity index (χ3v) is 4.68. The van der Waals surface area contributed by atoms with Crippen molar-refractivity contribution in [3.63, 3.8) is 0 Å². The van der Waals surface area contributed by atoms with Gasteiger partial charge in [-0.2, -0.15) is 0 Å². The van der Waals surface area contributed by atoms with E-state index in [1.807, 2.05) is 0 Å². The minimum atomic E-state index is -1.01. The van der Waals surface area contributed by atoms with Crippen molar-refractivity contribution in [1.82, 2.24) is 4.90 Å². The molecule has 2 aromatic rings. The van der Waals surface area contributed by atoms with E-state index in [9.17, 15) is 14.0 Å². The molecule has 1 amide bonds. The summed E-state index contributed by atoms with van der Waals surface area (Å²) in [5.41, 5.74) is 0.760. The van der Waals surface area contributed by atoms with Gasteiger partial charge in [0.25, 0.3) is 5.91 Å². The highest BCUT2D eigenvalue weighted by Gasteiger charge is 2.24. The molecule has 0 fully saturated rings. The molecule has 0 spiro atoms. The largest absolute Gasteiger partial charge is 0.449 e. The van der Waals surface area contributed by atoms with Crippen molar-refractivity contribution in [2.45, 2.75) is 19.6 Å². The fraction of sp³-hybridized carbons (Fsp3) is 0.250. The Hall–Kier alpha value is -1.63. The van der Waals surface area contributed by atoms with E-state index in [1.165, 1.54) is 30.0 Å². The summed E-state index contributed by atoms with van der Waals surface area (Å²) in [5.74, 6) is -1.51. The van der Waals surface area contributed by atoms with Crippen LogP contribution in [0.2, 0.25) is 8.67 Å². The number of esters is 1. The van der Waals surface area contributed by atoms with Crippen molar-refractivity contribution in [3.05, 3.63) is 55.9 Å². The van der Waals surface area contributed by atoms with Gasteiger partial charge in [0.1, 0.15) is 10.2 Å². The van der Waals surface area contributed by atoms with Crippen LogP contribution < -0.4 is 0 Å². The van der Waals surface area contributed by atoms with Crippen LogP contribution in [0.3, 0.4) is 0 Å². The van der Waals surface area contributed by atoms with E-state index in [0.29, 0.717) is 9.90 Å². The SMILES string of the molecule is CC(OC(=O)c1cc(Cl)sc1Cl)C(=O)N(C)Cc1cccc(F)c1. The second kappa shape index (κ2) is 7.96. The summed E-state index contributed by atoms with van der Waals surface area (Å²) < 4.78 is 18.9. The molecule has 0 aliphatic heterocycles. The number of thiophene rings is 1. The quantitative estimate of drug-likeness (QED) is 0.711. The highest BCUT2D eigenvalue weighted by molar-refractivity contribution is 7.20. The maximum absolute atomic E-state index is 13.2. The lowest BCUT2D eigenvalue weighted by Gasteiger charge is -2.21. The van der Waals surface area contributed by atoms with Crippen molar-refractivity contribution in [2.75, 3.05) is 7.05 Å². The molecular weight excluding hydrogens is 376 g/mol. The number of carbonyl (C=O) groups excluding carboxylic acids is 2. The van der Waals surface area contributed by atoms with Crippen LogP contribution in [0, 0.1) is 5.82 Å². The molecule has 0 bridgehead atoms. The summed E-state index contributed by atoms with van der Waals surface area (Å²) >= 11 is 12.7. The molecule has 1 aromatic carbocycles. The van der Waals surface area contributed by atoms with Gasteiger partial charge in [-0.05, 0) is 30.7 Å². The van der Waals surface area contributed by atoms with Crippen LogP contribution >= 0.6 is 34.5 Å². The molecule has 1 atom stereocenters. The maximum Gasteiger partial charge on any atom is 0.341 e. The lowest BCUT2D eigenvalue weighted by molar-refractivity contribution is -0.139. The lowest BCUT2D eigenvalue weighted by atomic mass is 10.2. The molecule has 2 rings (SSSR count). The van der Waals surface area contributed by atoms with Gasteiger partial charge in [0.05, 0.1) is 9.90 Å². The van der Waals surface area contributed by atoms with Crippen LogP contribution in [0.25, 0.3) is 0 Å². The van der Waals surface area contributed by atoms with E-state index in [-0.39, 0.29) is 22.3 Å². The van der Waals surface area contributed by atoms with E-state index in [0.717, 1.165) is 11.3 Å². The van der Waals surface area contributed by atoms with E-state index >= 15 is 0 Å². The van der Waals surface area contributed by atoms with Gasteiger partial charge in [-0.3, -0.25) is 4.79 Å². The zero-order chi connectivity index (χ0) is 17.9. The second-order valence-corrected chi connectivity index (χ2v) is 7.40. The Bertz CT molecular complexity index is 766. The van der Waals surface area contributed by atoms with Crippen molar-refractivity contribution >= 4 is 46.4 Å². The second-order valence-electron chi connectivity index (χ2n) is 5.11. The standard InChI is InChI=1S/C16H14Cl2FNO3S/c1-9(23-16(22)12-7-13(17)24-14(12)18)15(21)20(2)8-10-4-3-5-11(19)6-10/h3-7,9H,8H2,1-2H3. The number of carbonyl (C=O) groups is 2. The van der Waals surface area contributed by atoms with Crippen LogP contribution in [0.4, 0.5) is 4.39 Å². The molecule has 1 aromatic heterocycles. The molecule has 0 radical (unpaired) electrons. The average Bonchev–Trinajstić information content (AvgIpc) is 2.85. The number of benzene rings is 1. The number of hydrogen-bond acceptors (Lipinski definition) is 4. The van der Waals surface area contributed by atoms with E-state index in [2.05, 4.69) is 0 Å². The van der Waals surface area contributed by atoms with Crippen molar-refractivity contribution < 1.29 is 18.7 Å². The van der Waals surface area contributed by atoms with Gasteiger partial charge >= 0.3 is 5.97 Å². The molecule has 0 aliphatic carbocycles. The first-order chi connectivity index (χ1) is 11.3. The first kappa shape index (κ1) is 18.7. The number of hydrogen-bond donors (Lipinski definition) is 0. The van der Waals surface area contributed by atoms with E-state index in [4.69, 9.17) is 27.9 Å². The number of ether oxygens (including phenoxy) is 1. The molecule has 0 saturated heterocycles. The van der Waals surface area contributed by atoms with E-state index < -0.39 is 18.0 Å². The molecule has 24 heavy (non-hydrogen) atoms. The fourth-order valence-electron chi connectivity index (χ4n) is 2.05. The molecule has 4 nitrogen and oxygen atoms in total. The topological polar surface area (TPSA) is 46.6 Å². The number of amides is 1. The highest BCUT2D eigenvalue weighted by atomic mass is 35.5. The lowest BCUT2D eigenvalue weighted by Crippen LogP contribution is -2.37. The van der Waals surface area contributed by atoms with Gasteiger partial charge in [0.2, 0.25) is 0 Å². The summed E-state index contributed by atoms with van der Waals surface area (Å²) in [6.45, 7) is 1.66. The summed E-state index contributed by atoms with van der Waals surface area (Å²) in [5, 5.41) is 0. The van der Waals surface area contributed by atoms with Gasteiger partial charge < -0.3 is 9.64 Å². The van der Waals surface area contributed by atoms with Crippen LogP contribution in [-0.4, -0.2) is 29.9 Å². The minimum absolute atomic E-state index is 0.124. The molecule has 1 heterocycles. The van der Waals surface area contributed by atoms with Crippen molar-refractivity contribution in [3.8, 4) is 0 Å². The number of rotatable bonds is 5. The predicted octanol–water partition coefficient (Wildman–Crippen LogP) is 4.40. The van der Waals surface area contributed by atoms with Crippen LogP contribution in [0.5, 0.6) is 0 Å². The van der Waals surface area contributed by atoms with Gasteiger partial charge in [-0.25, -0.2) is 9.18 Å². The fourth-order valence-corrected chi connectivity index (χ4v) is 3.49. The third kappa shape index (κ3) is 4.69. The number of likely N-dealkylation sites (N-methyl/N-ethyl adjacent to an activating group) is 1. The Kier molecular flexibility index (Phi) is 6.21. The Labute approximate surface area is 152 Å². The first-order valence-electron chi connectivity index (χ1n) is 6.93. The molecule has 8 heteroatoms. The monoisotopic (exact) mass is 389 g/mol. The van der Waals surface area contributed by atoms with Gasteiger partial charge in [0, 0.05) is 13.6 Å². The highest BCUT2D eigenvalue weighted by Crippen LogP contribution is 2.31. The van der Waals surface area contributed by atoms with Crippen LogP contribution in [-0.2, 0) is 16.1 Å². The Morgan fingerprint density at radius 2 is 2.04 bits per heavy atom. The molecule has 0 aliphatic rings. The third-order valence-electron chi connectivity index (χ3n) is 3.19. The minimum Gasteiger partial charge on any atom is -0.449 e. The smallest absolute Gasteiger partial charge is 0.341 e. The maximum atomic E-state index is 13.2. The zero-order valence-corrected chi connectivity index (χ0v) is 15.2. The molecular formula is C16H14Cl2FNO3S. The number of nitrogens with zero attached hydrogens (tertiary/aromatic N) is 1. The number of halogens is 3. The van der Waals surface area contributed by atoms with Gasteiger partial charge in [-0.1, -0.05) is 35.3 Å². The van der Waals surface area contributed by atoms with E-state index in [1.54, 1.807) is 19.2 Å². The summed E-state index contributed by atoms with van der Waals surface area (Å²) in [6.07, 6.45) is -1.01. The van der Waals surface area contributed by atoms with Crippen LogP contribution in [0.1, 0.15) is 22.8 Å². The molecule has 0 N–H and O–H groups in total.